The first-order chi connectivity index (χ1) is 8.59. The fraction of sp³-hybridized carbons (Fsp3) is 0.167. The molecule has 0 aliphatic carbocycles. The second kappa shape index (κ2) is 5.14. The summed E-state index contributed by atoms with van der Waals surface area (Å²) in [7, 11) is -3.45. The molecule has 0 aromatic carbocycles. The fourth-order valence-electron chi connectivity index (χ4n) is 1.56. The predicted molar refractivity (Wildman–Crippen MR) is 68.6 cm³/mol. The number of nitrogens with two attached hydrogens (primary N) is 1. The van der Waals surface area contributed by atoms with E-state index in [9.17, 15) is 8.42 Å². The number of hydrogen-bond acceptors (Lipinski definition) is 5. The van der Waals surface area contributed by atoms with Crippen molar-refractivity contribution in [2.45, 2.75) is 11.4 Å². The summed E-state index contributed by atoms with van der Waals surface area (Å²) in [5.41, 5.74) is 6.73. The maximum Gasteiger partial charge on any atom is 0.198 e. The van der Waals surface area contributed by atoms with Crippen LogP contribution in [0, 0.1) is 0 Å². The molecule has 18 heavy (non-hydrogen) atoms. The molecule has 94 valence electrons. The second-order valence-corrected chi connectivity index (χ2v) is 5.85. The first-order valence-electron chi connectivity index (χ1n) is 5.42. The summed E-state index contributed by atoms with van der Waals surface area (Å²) >= 11 is 0. The van der Waals surface area contributed by atoms with Crippen LogP contribution in [0.4, 0.5) is 5.69 Å². The summed E-state index contributed by atoms with van der Waals surface area (Å²) < 4.78 is 24.1. The molecule has 0 aliphatic heterocycles. The Morgan fingerprint density at radius 1 is 1.11 bits per heavy atom. The van der Waals surface area contributed by atoms with E-state index in [1.165, 1.54) is 12.3 Å². The zero-order valence-corrected chi connectivity index (χ0v) is 10.5. The van der Waals surface area contributed by atoms with Gasteiger partial charge in [0.2, 0.25) is 0 Å². The lowest BCUT2D eigenvalue weighted by atomic mass is 10.2. The Hall–Kier alpha value is -1.95. The number of aromatic nitrogens is 2. The first kappa shape index (κ1) is 12.5. The van der Waals surface area contributed by atoms with Gasteiger partial charge in [0.15, 0.2) is 14.9 Å². The molecule has 2 N–H and O–H groups in total. The quantitative estimate of drug-likeness (QED) is 0.891. The van der Waals surface area contributed by atoms with Crippen molar-refractivity contribution >= 4 is 15.5 Å². The molecule has 0 bridgehead atoms. The number of nitrogens with zero attached hydrogens (tertiary/aromatic N) is 2. The van der Waals surface area contributed by atoms with Gasteiger partial charge >= 0.3 is 0 Å². The molecular formula is C12H13N3O2S. The average molecular weight is 263 g/mol. The standard InChI is InChI=1S/C12H13N3O2S/c13-11-2-1-6-15-12(11)18(16,17)9-5-10-3-7-14-8-4-10/h1-4,6-8H,5,9,13H2. The summed E-state index contributed by atoms with van der Waals surface area (Å²) in [5.74, 6) is -0.0156. The van der Waals surface area contributed by atoms with Crippen LogP contribution in [0.1, 0.15) is 5.56 Å². The Balaban J connectivity index is 2.16. The van der Waals surface area contributed by atoms with E-state index in [2.05, 4.69) is 9.97 Å². The Kier molecular flexibility index (Phi) is 3.57. The van der Waals surface area contributed by atoms with Gasteiger partial charge in [0, 0.05) is 18.6 Å². The van der Waals surface area contributed by atoms with Gasteiger partial charge in [0.1, 0.15) is 0 Å². The fourth-order valence-corrected chi connectivity index (χ4v) is 2.91. The van der Waals surface area contributed by atoms with Crippen molar-refractivity contribution in [2.24, 2.45) is 0 Å². The molecule has 0 atom stereocenters. The molecular weight excluding hydrogens is 250 g/mol. The van der Waals surface area contributed by atoms with Crippen molar-refractivity contribution in [1.29, 1.82) is 0 Å². The first-order valence-corrected chi connectivity index (χ1v) is 7.07. The lowest BCUT2D eigenvalue weighted by Crippen LogP contribution is -2.13. The SMILES string of the molecule is Nc1cccnc1S(=O)(=O)CCc1ccncc1. The van der Waals surface area contributed by atoms with Gasteiger partial charge in [-0.15, -0.1) is 0 Å². The monoisotopic (exact) mass is 263 g/mol. The minimum atomic E-state index is -3.45. The Morgan fingerprint density at radius 2 is 1.83 bits per heavy atom. The smallest absolute Gasteiger partial charge is 0.198 e. The molecule has 0 fully saturated rings. The van der Waals surface area contributed by atoms with E-state index in [-0.39, 0.29) is 16.5 Å². The summed E-state index contributed by atoms with van der Waals surface area (Å²) in [4.78, 5) is 7.72. The second-order valence-electron chi connectivity index (χ2n) is 3.82. The number of aryl methyl sites for hydroxylation is 1. The molecule has 0 spiro atoms. The third kappa shape index (κ3) is 2.84. The molecule has 0 unspecified atom stereocenters. The van der Waals surface area contributed by atoms with Gasteiger partial charge in [-0.1, -0.05) is 0 Å². The predicted octanol–water partition coefficient (Wildman–Crippen LogP) is 1.08. The van der Waals surface area contributed by atoms with Crippen LogP contribution in [0.2, 0.25) is 0 Å². The number of anilines is 1. The molecule has 2 heterocycles. The van der Waals surface area contributed by atoms with Crippen LogP contribution in [-0.2, 0) is 16.3 Å². The van der Waals surface area contributed by atoms with Crippen LogP contribution >= 0.6 is 0 Å². The number of hydrogen-bond donors (Lipinski definition) is 1. The summed E-state index contributed by atoms with van der Waals surface area (Å²) in [6, 6.07) is 6.72. The van der Waals surface area contributed by atoms with Crippen molar-refractivity contribution in [3.8, 4) is 0 Å². The average Bonchev–Trinajstić information content (AvgIpc) is 2.38. The van der Waals surface area contributed by atoms with Crippen LogP contribution in [-0.4, -0.2) is 24.1 Å². The molecule has 0 aliphatic rings. The number of rotatable bonds is 4. The van der Waals surface area contributed by atoms with E-state index >= 15 is 0 Å². The van der Waals surface area contributed by atoms with Gasteiger partial charge in [0.25, 0.3) is 0 Å². The van der Waals surface area contributed by atoms with E-state index in [0.717, 1.165) is 5.56 Å². The number of sulfone groups is 1. The molecule has 0 saturated heterocycles. The molecule has 6 heteroatoms. The maximum absolute atomic E-state index is 12.1. The molecule has 0 radical (unpaired) electrons. The van der Waals surface area contributed by atoms with Gasteiger partial charge in [-0.05, 0) is 36.2 Å². The van der Waals surface area contributed by atoms with Crippen LogP contribution in [0.25, 0.3) is 0 Å². The number of pyridine rings is 2. The molecule has 5 nitrogen and oxygen atoms in total. The van der Waals surface area contributed by atoms with Crippen LogP contribution in [0.5, 0.6) is 0 Å². The zero-order valence-electron chi connectivity index (χ0n) is 9.65. The zero-order chi connectivity index (χ0) is 13.0. The van der Waals surface area contributed by atoms with Gasteiger partial charge in [-0.2, -0.15) is 0 Å². The van der Waals surface area contributed by atoms with Crippen molar-refractivity contribution < 1.29 is 8.42 Å². The van der Waals surface area contributed by atoms with E-state index in [1.807, 2.05) is 0 Å². The van der Waals surface area contributed by atoms with Gasteiger partial charge in [-0.3, -0.25) is 4.98 Å². The normalized spacial score (nSPS) is 11.3. The van der Waals surface area contributed by atoms with E-state index < -0.39 is 9.84 Å². The van der Waals surface area contributed by atoms with Gasteiger partial charge in [-0.25, -0.2) is 13.4 Å². The Labute approximate surface area is 106 Å². The minimum Gasteiger partial charge on any atom is -0.396 e. The highest BCUT2D eigenvalue weighted by Crippen LogP contribution is 2.16. The summed E-state index contributed by atoms with van der Waals surface area (Å²) in [6.45, 7) is 0. The number of nitrogen functional groups attached to an aromatic ring is 1. The summed E-state index contributed by atoms with van der Waals surface area (Å²) in [6.07, 6.45) is 5.12. The third-order valence-corrected chi connectivity index (χ3v) is 4.18. The topological polar surface area (TPSA) is 85.9 Å². The van der Waals surface area contributed by atoms with Crippen molar-refractivity contribution in [3.63, 3.8) is 0 Å². The lowest BCUT2D eigenvalue weighted by molar-refractivity contribution is 0.592. The van der Waals surface area contributed by atoms with E-state index in [1.54, 1.807) is 30.6 Å². The van der Waals surface area contributed by atoms with Crippen LogP contribution in [0.3, 0.4) is 0 Å². The molecule has 2 aromatic heterocycles. The van der Waals surface area contributed by atoms with Gasteiger partial charge < -0.3 is 5.73 Å². The van der Waals surface area contributed by atoms with Gasteiger partial charge in [0.05, 0.1) is 11.4 Å². The molecule has 0 saturated carbocycles. The minimum absolute atomic E-state index is 0.0156. The van der Waals surface area contributed by atoms with Crippen molar-refractivity contribution in [2.75, 3.05) is 11.5 Å². The van der Waals surface area contributed by atoms with Crippen LogP contribution in [0.15, 0.2) is 47.9 Å². The summed E-state index contributed by atoms with van der Waals surface area (Å²) in [5, 5.41) is -0.0425. The van der Waals surface area contributed by atoms with Crippen LogP contribution < -0.4 is 5.73 Å². The third-order valence-electron chi connectivity index (χ3n) is 2.50. The largest absolute Gasteiger partial charge is 0.396 e. The highest BCUT2D eigenvalue weighted by molar-refractivity contribution is 7.91. The molecule has 2 rings (SSSR count). The lowest BCUT2D eigenvalue weighted by Gasteiger charge is -2.05. The maximum atomic E-state index is 12.1. The molecule has 0 amide bonds. The van der Waals surface area contributed by atoms with E-state index in [0.29, 0.717) is 6.42 Å². The highest BCUT2D eigenvalue weighted by Gasteiger charge is 2.18. The van der Waals surface area contributed by atoms with Crippen molar-refractivity contribution in [3.05, 3.63) is 48.4 Å². The van der Waals surface area contributed by atoms with Crippen molar-refractivity contribution in [1.82, 2.24) is 9.97 Å². The van der Waals surface area contributed by atoms with E-state index in [4.69, 9.17) is 5.73 Å². The Morgan fingerprint density at radius 3 is 2.50 bits per heavy atom. The highest BCUT2D eigenvalue weighted by atomic mass is 32.2. The Bertz CT molecular complexity index is 627. The molecule has 2 aromatic rings.